The van der Waals surface area contributed by atoms with Gasteiger partial charge in [0.15, 0.2) is 0 Å². The minimum atomic E-state index is -0.166. The molecule has 0 spiro atoms. The molecule has 128 valence electrons. The molecule has 2 rings (SSSR count). The van der Waals surface area contributed by atoms with E-state index in [9.17, 15) is 9.59 Å². The van der Waals surface area contributed by atoms with Crippen LogP contribution in [0.4, 0.5) is 11.4 Å². The Balaban J connectivity index is 1.98. The third kappa shape index (κ3) is 4.77. The number of nitrogens with one attached hydrogen (secondary N) is 2. The van der Waals surface area contributed by atoms with E-state index < -0.39 is 0 Å². The summed E-state index contributed by atoms with van der Waals surface area (Å²) in [5.41, 5.74) is 1.26. The number of likely N-dealkylation sites (N-methyl/N-ethyl adjacent to an activating group) is 1. The lowest BCUT2D eigenvalue weighted by molar-refractivity contribution is -0.128. The highest BCUT2D eigenvalue weighted by atomic mass is 16.5. The van der Waals surface area contributed by atoms with Crippen LogP contribution in [-0.4, -0.2) is 37.4 Å². The summed E-state index contributed by atoms with van der Waals surface area (Å²) in [6, 6.07) is 8.78. The van der Waals surface area contributed by atoms with Crippen molar-refractivity contribution in [3.8, 4) is 5.75 Å². The maximum atomic E-state index is 12.2. The van der Waals surface area contributed by atoms with E-state index in [-0.39, 0.29) is 18.4 Å². The van der Waals surface area contributed by atoms with Crippen molar-refractivity contribution in [3.05, 3.63) is 42.4 Å². The fourth-order valence-corrected chi connectivity index (χ4v) is 2.16. The van der Waals surface area contributed by atoms with Crippen LogP contribution < -0.4 is 15.4 Å². The number of benzene rings is 1. The Kier molecular flexibility index (Phi) is 5.83. The van der Waals surface area contributed by atoms with Gasteiger partial charge in [-0.2, -0.15) is 0 Å². The summed E-state index contributed by atoms with van der Waals surface area (Å²) in [6.45, 7) is 1.93. The Morgan fingerprint density at radius 1 is 1.29 bits per heavy atom. The van der Waals surface area contributed by atoms with Crippen molar-refractivity contribution >= 4 is 23.2 Å². The molecule has 2 amide bonds. The Hall–Kier alpha value is -2.96. The van der Waals surface area contributed by atoms with Gasteiger partial charge in [0.1, 0.15) is 11.5 Å². The Labute approximate surface area is 140 Å². The fraction of sp³-hybridized carbons (Fsp3) is 0.294. The topological polar surface area (TPSA) is 83.8 Å². The Bertz CT molecular complexity index is 698. The van der Waals surface area contributed by atoms with Crippen LogP contribution in [0.3, 0.4) is 0 Å². The van der Waals surface area contributed by atoms with Crippen molar-refractivity contribution < 1.29 is 18.7 Å². The molecule has 0 saturated carbocycles. The van der Waals surface area contributed by atoms with Crippen molar-refractivity contribution in [2.75, 3.05) is 31.3 Å². The van der Waals surface area contributed by atoms with Gasteiger partial charge >= 0.3 is 0 Å². The number of ether oxygens (including phenoxy) is 1. The third-order valence-electron chi connectivity index (χ3n) is 3.35. The summed E-state index contributed by atoms with van der Waals surface area (Å²) in [5.74, 6) is 1.04. The highest BCUT2D eigenvalue weighted by Gasteiger charge is 2.12. The molecule has 1 aromatic heterocycles. The van der Waals surface area contributed by atoms with Crippen LogP contribution in [0.1, 0.15) is 12.7 Å². The molecule has 7 nitrogen and oxygen atoms in total. The smallest absolute Gasteiger partial charge is 0.242 e. The van der Waals surface area contributed by atoms with Crippen LogP contribution in [-0.2, 0) is 16.1 Å². The van der Waals surface area contributed by atoms with E-state index >= 15 is 0 Å². The molecule has 0 aliphatic rings. The van der Waals surface area contributed by atoms with Gasteiger partial charge < -0.3 is 24.7 Å². The van der Waals surface area contributed by atoms with E-state index in [0.29, 0.717) is 23.7 Å². The maximum absolute atomic E-state index is 12.2. The zero-order valence-corrected chi connectivity index (χ0v) is 14.0. The molecule has 0 bridgehead atoms. The zero-order chi connectivity index (χ0) is 17.5. The second-order valence-electron chi connectivity index (χ2n) is 5.28. The molecule has 1 aromatic carbocycles. The molecule has 0 atom stereocenters. The normalized spacial score (nSPS) is 10.1. The van der Waals surface area contributed by atoms with Crippen LogP contribution in [0.25, 0.3) is 0 Å². The molecule has 0 radical (unpaired) electrons. The highest BCUT2D eigenvalue weighted by Crippen LogP contribution is 2.27. The van der Waals surface area contributed by atoms with Crippen molar-refractivity contribution in [1.82, 2.24) is 4.90 Å². The lowest BCUT2D eigenvalue weighted by atomic mass is 10.2. The van der Waals surface area contributed by atoms with Gasteiger partial charge in [0.05, 0.1) is 32.1 Å². The number of methoxy groups -OCH3 is 1. The summed E-state index contributed by atoms with van der Waals surface area (Å²) in [5, 5.41) is 5.73. The van der Waals surface area contributed by atoms with E-state index in [1.807, 2.05) is 6.07 Å². The number of carbonyl (C=O) groups excluding carboxylic acids is 2. The number of furan rings is 1. The number of anilines is 2. The molecule has 2 aromatic rings. The fourth-order valence-electron chi connectivity index (χ4n) is 2.16. The highest BCUT2D eigenvalue weighted by molar-refractivity contribution is 5.90. The van der Waals surface area contributed by atoms with Gasteiger partial charge in [0, 0.05) is 19.7 Å². The van der Waals surface area contributed by atoms with E-state index in [2.05, 4.69) is 10.6 Å². The summed E-state index contributed by atoms with van der Waals surface area (Å²) in [6.07, 6.45) is 1.57. The van der Waals surface area contributed by atoms with Crippen molar-refractivity contribution in [1.29, 1.82) is 0 Å². The molecule has 1 heterocycles. The summed E-state index contributed by atoms with van der Waals surface area (Å²) in [7, 11) is 3.25. The summed E-state index contributed by atoms with van der Waals surface area (Å²) >= 11 is 0. The van der Waals surface area contributed by atoms with Crippen molar-refractivity contribution in [2.45, 2.75) is 13.5 Å². The van der Waals surface area contributed by atoms with Crippen LogP contribution >= 0.6 is 0 Å². The second-order valence-corrected chi connectivity index (χ2v) is 5.28. The van der Waals surface area contributed by atoms with Gasteiger partial charge in [-0.15, -0.1) is 0 Å². The first-order valence-electron chi connectivity index (χ1n) is 7.45. The number of rotatable bonds is 7. The van der Waals surface area contributed by atoms with E-state index in [4.69, 9.17) is 9.15 Å². The molecule has 0 aliphatic carbocycles. The van der Waals surface area contributed by atoms with Crippen LogP contribution in [0.15, 0.2) is 41.0 Å². The van der Waals surface area contributed by atoms with Crippen LogP contribution in [0, 0.1) is 0 Å². The molecule has 0 fully saturated rings. The first-order chi connectivity index (χ1) is 11.5. The van der Waals surface area contributed by atoms with Gasteiger partial charge in [0.2, 0.25) is 11.8 Å². The minimum Gasteiger partial charge on any atom is -0.495 e. The van der Waals surface area contributed by atoms with Crippen molar-refractivity contribution in [3.63, 3.8) is 0 Å². The van der Waals surface area contributed by atoms with E-state index in [1.54, 1.807) is 49.6 Å². The minimum absolute atomic E-state index is 0.0943. The number of amides is 2. The number of hydrogen-bond donors (Lipinski definition) is 2. The average Bonchev–Trinajstić information content (AvgIpc) is 3.05. The molecule has 7 heteroatoms. The largest absolute Gasteiger partial charge is 0.495 e. The van der Waals surface area contributed by atoms with E-state index in [1.165, 1.54) is 6.92 Å². The molecule has 24 heavy (non-hydrogen) atoms. The Morgan fingerprint density at radius 3 is 2.71 bits per heavy atom. The predicted octanol–water partition coefficient (Wildman–Crippen LogP) is 2.32. The Morgan fingerprint density at radius 2 is 2.08 bits per heavy atom. The average molecular weight is 331 g/mol. The molecule has 0 aliphatic heterocycles. The zero-order valence-electron chi connectivity index (χ0n) is 14.0. The molecular formula is C17H21N3O4. The first-order valence-corrected chi connectivity index (χ1v) is 7.45. The predicted molar refractivity (Wildman–Crippen MR) is 91.0 cm³/mol. The number of nitrogens with zero attached hydrogens (tertiary/aromatic N) is 1. The second kappa shape index (κ2) is 8.05. The van der Waals surface area contributed by atoms with Gasteiger partial charge in [0.25, 0.3) is 0 Å². The maximum Gasteiger partial charge on any atom is 0.242 e. The van der Waals surface area contributed by atoms with Gasteiger partial charge in [-0.05, 0) is 30.3 Å². The lowest BCUT2D eigenvalue weighted by Crippen LogP contribution is -2.31. The summed E-state index contributed by atoms with van der Waals surface area (Å²) in [4.78, 5) is 24.9. The monoisotopic (exact) mass is 331 g/mol. The molecule has 2 N–H and O–H groups in total. The van der Waals surface area contributed by atoms with Crippen LogP contribution in [0.5, 0.6) is 5.75 Å². The number of hydrogen-bond acceptors (Lipinski definition) is 5. The van der Waals surface area contributed by atoms with Gasteiger partial charge in [-0.1, -0.05) is 0 Å². The number of carbonyl (C=O) groups is 2. The SMILES string of the molecule is COc1ccc(NC(C)=O)cc1NCC(=O)N(C)Cc1ccco1. The van der Waals surface area contributed by atoms with Crippen LogP contribution in [0.2, 0.25) is 0 Å². The lowest BCUT2D eigenvalue weighted by Gasteiger charge is -2.18. The first kappa shape index (κ1) is 17.4. The molecule has 0 saturated heterocycles. The molecular weight excluding hydrogens is 310 g/mol. The van der Waals surface area contributed by atoms with E-state index in [0.717, 1.165) is 5.76 Å². The van der Waals surface area contributed by atoms with Gasteiger partial charge in [-0.3, -0.25) is 9.59 Å². The molecule has 0 unspecified atom stereocenters. The van der Waals surface area contributed by atoms with Crippen molar-refractivity contribution in [2.24, 2.45) is 0 Å². The van der Waals surface area contributed by atoms with Gasteiger partial charge in [-0.25, -0.2) is 0 Å². The standard InChI is InChI=1S/C17H21N3O4/c1-12(21)19-13-6-7-16(23-3)15(9-13)18-10-17(22)20(2)11-14-5-4-8-24-14/h4-9,18H,10-11H2,1-3H3,(H,19,21). The quantitative estimate of drug-likeness (QED) is 0.813. The third-order valence-corrected chi connectivity index (χ3v) is 3.35. The summed E-state index contributed by atoms with van der Waals surface area (Å²) < 4.78 is 10.5.